The molecule has 0 saturated heterocycles. The van der Waals surface area contributed by atoms with Crippen molar-refractivity contribution in [2.45, 2.75) is 33.7 Å². The lowest BCUT2D eigenvalue weighted by Gasteiger charge is -2.08. The Morgan fingerprint density at radius 3 is 2.67 bits per heavy atom. The lowest BCUT2D eigenvalue weighted by atomic mass is 10.2. The molecule has 0 fully saturated rings. The predicted molar refractivity (Wildman–Crippen MR) is 89.9 cm³/mol. The third-order valence-electron chi connectivity index (χ3n) is 2.96. The van der Waals surface area contributed by atoms with E-state index < -0.39 is 0 Å². The van der Waals surface area contributed by atoms with Crippen LogP contribution >= 0.6 is 11.3 Å². The summed E-state index contributed by atoms with van der Waals surface area (Å²) in [6.07, 6.45) is 3.12. The number of rotatable bonds is 8. The van der Waals surface area contributed by atoms with Gasteiger partial charge in [0.05, 0.1) is 6.61 Å². The average Bonchev–Trinajstić information content (AvgIpc) is 2.95. The highest BCUT2D eigenvalue weighted by atomic mass is 32.1. The molecule has 0 amide bonds. The van der Waals surface area contributed by atoms with Crippen molar-refractivity contribution >= 4 is 11.3 Å². The van der Waals surface area contributed by atoms with Crippen molar-refractivity contribution in [3.8, 4) is 16.3 Å². The van der Waals surface area contributed by atoms with Crippen LogP contribution < -0.4 is 10.1 Å². The second-order valence-corrected chi connectivity index (χ2v) is 6.65. The molecule has 0 aliphatic heterocycles. The fourth-order valence-electron chi connectivity index (χ4n) is 1.87. The minimum atomic E-state index is 0.543. The van der Waals surface area contributed by atoms with E-state index in [1.165, 1.54) is 4.88 Å². The molecule has 2 aromatic rings. The van der Waals surface area contributed by atoms with Gasteiger partial charge in [-0.1, -0.05) is 20.8 Å². The van der Waals surface area contributed by atoms with Crippen molar-refractivity contribution in [3.05, 3.63) is 35.3 Å². The smallest absolute Gasteiger partial charge is 0.123 e. The van der Waals surface area contributed by atoms with Gasteiger partial charge in [0.25, 0.3) is 0 Å². The number of thiazole rings is 1. The van der Waals surface area contributed by atoms with E-state index in [-0.39, 0.29) is 0 Å². The van der Waals surface area contributed by atoms with Crippen LogP contribution in [-0.2, 0) is 6.54 Å². The molecular weight excluding hydrogens is 280 g/mol. The van der Waals surface area contributed by atoms with Gasteiger partial charge in [-0.15, -0.1) is 11.3 Å². The van der Waals surface area contributed by atoms with E-state index >= 15 is 0 Å². The van der Waals surface area contributed by atoms with Crippen LogP contribution in [0.5, 0.6) is 5.75 Å². The van der Waals surface area contributed by atoms with Gasteiger partial charge in [0.2, 0.25) is 0 Å². The van der Waals surface area contributed by atoms with Crippen LogP contribution in [0, 0.1) is 5.92 Å². The molecule has 4 heteroatoms. The molecule has 0 aliphatic rings. The number of nitrogens with one attached hydrogen (secondary N) is 1. The van der Waals surface area contributed by atoms with E-state index in [1.807, 2.05) is 18.3 Å². The van der Waals surface area contributed by atoms with E-state index in [1.54, 1.807) is 11.3 Å². The van der Waals surface area contributed by atoms with Gasteiger partial charge in [0.15, 0.2) is 0 Å². The van der Waals surface area contributed by atoms with Crippen molar-refractivity contribution < 1.29 is 4.74 Å². The SMILES string of the molecule is CCCNCc1cnc(-c2ccc(OCC(C)C)cc2)s1. The van der Waals surface area contributed by atoms with Crippen LogP contribution in [-0.4, -0.2) is 18.1 Å². The molecule has 0 aliphatic carbocycles. The van der Waals surface area contributed by atoms with Crippen molar-refractivity contribution in [1.82, 2.24) is 10.3 Å². The fraction of sp³-hybridized carbons (Fsp3) is 0.471. The molecule has 0 atom stereocenters. The second-order valence-electron chi connectivity index (χ2n) is 5.54. The summed E-state index contributed by atoms with van der Waals surface area (Å²) < 4.78 is 5.70. The first-order chi connectivity index (χ1) is 10.2. The lowest BCUT2D eigenvalue weighted by molar-refractivity contribution is 0.271. The van der Waals surface area contributed by atoms with Gasteiger partial charge in [-0.05, 0) is 43.1 Å². The Hall–Kier alpha value is -1.39. The molecule has 21 heavy (non-hydrogen) atoms. The van der Waals surface area contributed by atoms with Crippen LogP contribution in [0.2, 0.25) is 0 Å². The minimum absolute atomic E-state index is 0.543. The summed E-state index contributed by atoms with van der Waals surface area (Å²) in [5.74, 6) is 1.47. The standard InChI is InChI=1S/C17H24N2OS/c1-4-9-18-10-16-11-19-17(21-16)14-5-7-15(8-6-14)20-12-13(2)3/h5-8,11,13,18H,4,9-10,12H2,1-3H3. The predicted octanol–water partition coefficient (Wildman–Crippen LogP) is 4.34. The highest BCUT2D eigenvalue weighted by molar-refractivity contribution is 7.15. The molecule has 0 unspecified atom stereocenters. The molecule has 0 bridgehead atoms. The van der Waals surface area contributed by atoms with Gasteiger partial charge in [-0.3, -0.25) is 0 Å². The first kappa shape index (κ1) is 16.0. The highest BCUT2D eigenvalue weighted by Gasteiger charge is 2.05. The van der Waals surface area contributed by atoms with E-state index in [0.717, 1.165) is 42.4 Å². The van der Waals surface area contributed by atoms with Gasteiger partial charge in [-0.25, -0.2) is 4.98 Å². The second kappa shape index (κ2) is 8.15. The third-order valence-corrected chi connectivity index (χ3v) is 4.01. The lowest BCUT2D eigenvalue weighted by Crippen LogP contribution is -2.12. The molecule has 1 aromatic carbocycles. The van der Waals surface area contributed by atoms with E-state index in [2.05, 4.69) is 43.2 Å². The molecule has 1 N–H and O–H groups in total. The van der Waals surface area contributed by atoms with Crippen molar-refractivity contribution in [2.75, 3.05) is 13.2 Å². The van der Waals surface area contributed by atoms with Crippen molar-refractivity contribution in [3.63, 3.8) is 0 Å². The summed E-state index contributed by atoms with van der Waals surface area (Å²) in [4.78, 5) is 5.78. The van der Waals surface area contributed by atoms with Gasteiger partial charge < -0.3 is 10.1 Å². The number of benzene rings is 1. The summed E-state index contributed by atoms with van der Waals surface area (Å²) in [5.41, 5.74) is 1.15. The summed E-state index contributed by atoms with van der Waals surface area (Å²) in [6.45, 7) is 9.18. The Kier molecular flexibility index (Phi) is 6.21. The molecule has 0 saturated carbocycles. The van der Waals surface area contributed by atoms with Crippen LogP contribution in [0.4, 0.5) is 0 Å². The summed E-state index contributed by atoms with van der Waals surface area (Å²) in [7, 11) is 0. The van der Waals surface area contributed by atoms with E-state index in [0.29, 0.717) is 5.92 Å². The maximum absolute atomic E-state index is 5.70. The Balaban J connectivity index is 1.95. The Morgan fingerprint density at radius 2 is 2.00 bits per heavy atom. The van der Waals surface area contributed by atoms with Crippen LogP contribution in [0.25, 0.3) is 10.6 Å². The van der Waals surface area contributed by atoms with Gasteiger partial charge in [0, 0.05) is 23.2 Å². The highest BCUT2D eigenvalue weighted by Crippen LogP contribution is 2.27. The quantitative estimate of drug-likeness (QED) is 0.736. The topological polar surface area (TPSA) is 34.2 Å². The minimum Gasteiger partial charge on any atom is -0.493 e. The summed E-state index contributed by atoms with van der Waals surface area (Å²) in [5, 5.41) is 4.47. The van der Waals surface area contributed by atoms with Crippen molar-refractivity contribution in [2.24, 2.45) is 5.92 Å². The van der Waals surface area contributed by atoms with Gasteiger partial charge >= 0.3 is 0 Å². The van der Waals surface area contributed by atoms with Crippen LogP contribution in [0.3, 0.4) is 0 Å². The van der Waals surface area contributed by atoms with Gasteiger partial charge in [-0.2, -0.15) is 0 Å². The Labute approximate surface area is 131 Å². The molecule has 114 valence electrons. The normalized spacial score (nSPS) is 11.0. The zero-order valence-electron chi connectivity index (χ0n) is 13.1. The maximum atomic E-state index is 5.70. The van der Waals surface area contributed by atoms with Gasteiger partial charge in [0.1, 0.15) is 10.8 Å². The first-order valence-corrected chi connectivity index (χ1v) is 8.39. The molecule has 2 rings (SSSR count). The largest absolute Gasteiger partial charge is 0.493 e. The van der Waals surface area contributed by atoms with E-state index in [4.69, 9.17) is 4.74 Å². The fourth-order valence-corrected chi connectivity index (χ4v) is 2.76. The Bertz CT molecular complexity index is 534. The zero-order chi connectivity index (χ0) is 15.1. The first-order valence-electron chi connectivity index (χ1n) is 7.57. The number of hydrogen-bond acceptors (Lipinski definition) is 4. The molecule has 0 spiro atoms. The van der Waals surface area contributed by atoms with Crippen LogP contribution in [0.15, 0.2) is 30.5 Å². The third kappa shape index (κ3) is 5.14. The monoisotopic (exact) mass is 304 g/mol. The summed E-state index contributed by atoms with van der Waals surface area (Å²) >= 11 is 1.75. The van der Waals surface area contributed by atoms with E-state index in [9.17, 15) is 0 Å². The number of nitrogens with zero attached hydrogens (tertiary/aromatic N) is 1. The molecule has 1 heterocycles. The Morgan fingerprint density at radius 1 is 1.24 bits per heavy atom. The van der Waals surface area contributed by atoms with Crippen molar-refractivity contribution in [1.29, 1.82) is 0 Å². The summed E-state index contributed by atoms with van der Waals surface area (Å²) in [6, 6.07) is 8.21. The molecular formula is C17H24N2OS. The zero-order valence-corrected chi connectivity index (χ0v) is 13.9. The molecule has 3 nitrogen and oxygen atoms in total. The average molecular weight is 304 g/mol. The maximum Gasteiger partial charge on any atom is 0.123 e. The number of aromatic nitrogens is 1. The molecule has 1 aromatic heterocycles. The number of ether oxygens (including phenoxy) is 1. The molecule has 0 radical (unpaired) electrons. The van der Waals surface area contributed by atoms with Crippen LogP contribution in [0.1, 0.15) is 32.1 Å². The number of hydrogen-bond donors (Lipinski definition) is 1.